The lowest BCUT2D eigenvalue weighted by Crippen LogP contribution is -2.37. The van der Waals surface area contributed by atoms with Gasteiger partial charge in [-0.2, -0.15) is 0 Å². The molecular weight excluding hydrogens is 214 g/mol. The number of hydrogen-bond acceptors (Lipinski definition) is 2. The number of aliphatic carboxylic acids is 1. The van der Waals surface area contributed by atoms with Crippen molar-refractivity contribution in [3.05, 3.63) is 0 Å². The van der Waals surface area contributed by atoms with E-state index < -0.39 is 5.97 Å². The maximum atomic E-state index is 11.1. The van der Waals surface area contributed by atoms with Gasteiger partial charge in [0.2, 0.25) is 0 Å². The van der Waals surface area contributed by atoms with E-state index >= 15 is 0 Å². The van der Waals surface area contributed by atoms with Crippen molar-refractivity contribution in [2.75, 3.05) is 13.1 Å². The lowest BCUT2D eigenvalue weighted by atomic mass is 9.82. The summed E-state index contributed by atoms with van der Waals surface area (Å²) >= 11 is 0. The topological polar surface area (TPSA) is 40.5 Å². The standard InChI is InChI=1S/C14H25NO2/c1-10-4-3-5-12(8-10)9-15-7-6-13(11(15)2)14(16)17/h10-13H,3-9H2,1-2H3,(H,16,17). The van der Waals surface area contributed by atoms with Crippen molar-refractivity contribution >= 4 is 5.97 Å². The Hall–Kier alpha value is -0.570. The molecule has 1 saturated carbocycles. The zero-order chi connectivity index (χ0) is 12.4. The van der Waals surface area contributed by atoms with Gasteiger partial charge >= 0.3 is 5.97 Å². The van der Waals surface area contributed by atoms with Gasteiger partial charge < -0.3 is 5.11 Å². The summed E-state index contributed by atoms with van der Waals surface area (Å²) in [5, 5.41) is 9.12. The fraction of sp³-hybridized carbons (Fsp3) is 0.929. The quantitative estimate of drug-likeness (QED) is 0.823. The molecule has 1 saturated heterocycles. The minimum Gasteiger partial charge on any atom is -0.481 e. The lowest BCUT2D eigenvalue weighted by molar-refractivity contribution is -0.142. The summed E-state index contributed by atoms with van der Waals surface area (Å²) in [5.41, 5.74) is 0. The maximum absolute atomic E-state index is 11.1. The molecule has 0 bridgehead atoms. The zero-order valence-corrected chi connectivity index (χ0v) is 11.1. The normalized spacial score (nSPS) is 39.4. The van der Waals surface area contributed by atoms with Gasteiger partial charge in [0.1, 0.15) is 0 Å². The monoisotopic (exact) mass is 239 g/mol. The van der Waals surface area contributed by atoms with Crippen LogP contribution in [0.3, 0.4) is 0 Å². The Morgan fingerprint density at radius 2 is 2.06 bits per heavy atom. The van der Waals surface area contributed by atoms with E-state index in [2.05, 4.69) is 18.7 Å². The zero-order valence-electron chi connectivity index (χ0n) is 11.1. The molecule has 1 heterocycles. The summed E-state index contributed by atoms with van der Waals surface area (Å²) in [6.45, 7) is 6.52. The molecule has 4 atom stereocenters. The third-order valence-corrected chi connectivity index (χ3v) is 4.74. The average molecular weight is 239 g/mol. The number of rotatable bonds is 3. The first-order valence-corrected chi connectivity index (χ1v) is 7.04. The first-order valence-electron chi connectivity index (χ1n) is 7.04. The van der Waals surface area contributed by atoms with Crippen LogP contribution in [-0.4, -0.2) is 35.1 Å². The van der Waals surface area contributed by atoms with Gasteiger partial charge in [0.05, 0.1) is 5.92 Å². The number of hydrogen-bond donors (Lipinski definition) is 1. The highest BCUT2D eigenvalue weighted by Crippen LogP contribution is 2.32. The van der Waals surface area contributed by atoms with Crippen LogP contribution in [0.15, 0.2) is 0 Å². The third kappa shape index (κ3) is 3.01. The largest absolute Gasteiger partial charge is 0.481 e. The van der Waals surface area contributed by atoms with Gasteiger partial charge in [-0.1, -0.05) is 19.8 Å². The fourth-order valence-corrected chi connectivity index (χ4v) is 3.65. The second-order valence-electron chi connectivity index (χ2n) is 6.11. The summed E-state index contributed by atoms with van der Waals surface area (Å²) in [5.74, 6) is 0.906. The Bertz CT molecular complexity index is 279. The average Bonchev–Trinajstić information content (AvgIpc) is 2.61. The van der Waals surface area contributed by atoms with Crippen molar-refractivity contribution in [1.29, 1.82) is 0 Å². The number of carbonyl (C=O) groups is 1. The van der Waals surface area contributed by atoms with Crippen molar-refractivity contribution < 1.29 is 9.90 Å². The van der Waals surface area contributed by atoms with Crippen LogP contribution in [0.1, 0.15) is 46.0 Å². The molecule has 1 N–H and O–H groups in total. The molecule has 3 nitrogen and oxygen atoms in total. The molecule has 0 radical (unpaired) electrons. The SMILES string of the molecule is CC1CCCC(CN2CCC(C(=O)O)C2C)C1. The van der Waals surface area contributed by atoms with E-state index in [1.54, 1.807) is 0 Å². The van der Waals surface area contributed by atoms with Crippen LogP contribution in [0, 0.1) is 17.8 Å². The molecule has 0 aromatic carbocycles. The van der Waals surface area contributed by atoms with Crippen LogP contribution in [0.25, 0.3) is 0 Å². The predicted octanol–water partition coefficient (Wildman–Crippen LogP) is 2.61. The molecule has 1 aliphatic carbocycles. The van der Waals surface area contributed by atoms with Gasteiger partial charge in [-0.05, 0) is 44.6 Å². The van der Waals surface area contributed by atoms with E-state index in [1.165, 1.54) is 25.7 Å². The highest BCUT2D eigenvalue weighted by atomic mass is 16.4. The molecule has 3 heteroatoms. The molecule has 2 fully saturated rings. The minimum absolute atomic E-state index is 0.143. The Balaban J connectivity index is 1.85. The maximum Gasteiger partial charge on any atom is 0.308 e. The molecule has 4 unspecified atom stereocenters. The Labute approximate surface area is 104 Å². The first kappa shape index (κ1) is 12.9. The number of likely N-dealkylation sites (tertiary alicyclic amines) is 1. The summed E-state index contributed by atoms with van der Waals surface area (Å²) in [6, 6.07) is 0.227. The van der Waals surface area contributed by atoms with Crippen LogP contribution >= 0.6 is 0 Å². The van der Waals surface area contributed by atoms with E-state index in [4.69, 9.17) is 5.11 Å². The smallest absolute Gasteiger partial charge is 0.308 e. The van der Waals surface area contributed by atoms with Gasteiger partial charge in [-0.3, -0.25) is 9.69 Å². The van der Waals surface area contributed by atoms with Crippen LogP contribution < -0.4 is 0 Å². The highest BCUT2D eigenvalue weighted by molar-refractivity contribution is 5.71. The van der Waals surface area contributed by atoms with E-state index in [0.29, 0.717) is 0 Å². The summed E-state index contributed by atoms with van der Waals surface area (Å²) in [4.78, 5) is 13.5. The highest BCUT2D eigenvalue weighted by Gasteiger charge is 2.36. The molecule has 0 aromatic heterocycles. The Morgan fingerprint density at radius 3 is 2.65 bits per heavy atom. The third-order valence-electron chi connectivity index (χ3n) is 4.74. The molecule has 2 aliphatic rings. The molecule has 0 aromatic rings. The number of carboxylic acids is 1. The van der Waals surface area contributed by atoms with Crippen molar-refractivity contribution in [2.45, 2.75) is 52.0 Å². The van der Waals surface area contributed by atoms with Crippen molar-refractivity contribution in [1.82, 2.24) is 4.90 Å². The summed E-state index contributed by atoms with van der Waals surface area (Å²) in [6.07, 6.45) is 6.24. The molecule has 17 heavy (non-hydrogen) atoms. The van der Waals surface area contributed by atoms with Gasteiger partial charge in [-0.25, -0.2) is 0 Å². The van der Waals surface area contributed by atoms with E-state index in [-0.39, 0.29) is 12.0 Å². The summed E-state index contributed by atoms with van der Waals surface area (Å²) in [7, 11) is 0. The lowest BCUT2D eigenvalue weighted by Gasteiger charge is -2.32. The van der Waals surface area contributed by atoms with Gasteiger partial charge in [0.15, 0.2) is 0 Å². The van der Waals surface area contributed by atoms with Gasteiger partial charge in [-0.15, -0.1) is 0 Å². The number of nitrogens with zero attached hydrogens (tertiary/aromatic N) is 1. The van der Waals surface area contributed by atoms with Gasteiger partial charge in [0, 0.05) is 12.6 Å². The molecule has 0 amide bonds. The van der Waals surface area contributed by atoms with Crippen molar-refractivity contribution in [2.24, 2.45) is 17.8 Å². The second kappa shape index (κ2) is 5.38. The van der Waals surface area contributed by atoms with Crippen LogP contribution in [-0.2, 0) is 4.79 Å². The molecule has 1 aliphatic heterocycles. The van der Waals surface area contributed by atoms with Crippen molar-refractivity contribution in [3.63, 3.8) is 0 Å². The second-order valence-corrected chi connectivity index (χ2v) is 6.11. The molecular formula is C14H25NO2. The van der Waals surface area contributed by atoms with Crippen LogP contribution in [0.2, 0.25) is 0 Å². The van der Waals surface area contributed by atoms with Gasteiger partial charge in [0.25, 0.3) is 0 Å². The molecule has 98 valence electrons. The summed E-state index contributed by atoms with van der Waals surface area (Å²) < 4.78 is 0. The van der Waals surface area contributed by atoms with Crippen LogP contribution in [0.4, 0.5) is 0 Å². The van der Waals surface area contributed by atoms with E-state index in [0.717, 1.165) is 31.3 Å². The minimum atomic E-state index is -0.614. The van der Waals surface area contributed by atoms with Crippen molar-refractivity contribution in [3.8, 4) is 0 Å². The van der Waals surface area contributed by atoms with E-state index in [1.807, 2.05) is 0 Å². The number of carboxylic acid groups (broad SMARTS) is 1. The Morgan fingerprint density at radius 1 is 1.29 bits per heavy atom. The first-order chi connectivity index (χ1) is 8.08. The van der Waals surface area contributed by atoms with Crippen LogP contribution in [0.5, 0.6) is 0 Å². The molecule has 2 rings (SSSR count). The Kier molecular flexibility index (Phi) is 4.08. The van der Waals surface area contributed by atoms with E-state index in [9.17, 15) is 4.79 Å². The molecule has 0 spiro atoms. The fourth-order valence-electron chi connectivity index (χ4n) is 3.65. The predicted molar refractivity (Wildman–Crippen MR) is 67.9 cm³/mol.